The van der Waals surface area contributed by atoms with Crippen LogP contribution in [0.5, 0.6) is 0 Å². The Morgan fingerprint density at radius 2 is 2.00 bits per heavy atom. The van der Waals surface area contributed by atoms with Gasteiger partial charge in [0.1, 0.15) is 5.76 Å². The molecule has 4 heteroatoms. The summed E-state index contributed by atoms with van der Waals surface area (Å²) in [6, 6.07) is 0. The molecule has 0 aromatic carbocycles. The lowest BCUT2D eigenvalue weighted by molar-refractivity contribution is -0.162. The molecule has 0 saturated carbocycles. The van der Waals surface area contributed by atoms with Gasteiger partial charge < -0.3 is 14.2 Å². The van der Waals surface area contributed by atoms with Gasteiger partial charge in [-0.15, -0.1) is 0 Å². The van der Waals surface area contributed by atoms with Crippen molar-refractivity contribution in [2.24, 2.45) is 0 Å². The molecule has 1 rings (SSSR count). The first-order valence-corrected chi connectivity index (χ1v) is 7.35. The molecule has 4 nitrogen and oxygen atoms in total. The first kappa shape index (κ1) is 16.8. The number of allylic oxidation sites excluding steroid dienone is 1. The number of carbonyl (C=O) groups is 1. The number of hydrogen-bond acceptors (Lipinski definition) is 4. The number of carbonyl (C=O) groups excluding carboxylic acids is 1. The summed E-state index contributed by atoms with van der Waals surface area (Å²) in [7, 11) is 3.04. The zero-order valence-electron chi connectivity index (χ0n) is 13.2. The summed E-state index contributed by atoms with van der Waals surface area (Å²) in [6.45, 7) is 6.17. The van der Waals surface area contributed by atoms with E-state index in [1.54, 1.807) is 7.11 Å². The highest BCUT2D eigenvalue weighted by Crippen LogP contribution is 2.40. The molecule has 1 heterocycles. The Hall–Kier alpha value is -1.29. The molecule has 20 heavy (non-hydrogen) atoms. The van der Waals surface area contributed by atoms with E-state index in [9.17, 15) is 4.79 Å². The first-order chi connectivity index (χ1) is 9.58. The fourth-order valence-electron chi connectivity index (χ4n) is 2.48. The minimum absolute atomic E-state index is 0.317. The number of hydrogen-bond donors (Lipinski definition) is 0. The lowest BCUT2D eigenvalue weighted by Crippen LogP contribution is -2.32. The number of methoxy groups -OCH3 is 2. The van der Waals surface area contributed by atoms with E-state index in [2.05, 4.69) is 13.8 Å². The Bertz CT molecular complexity index is 403. The van der Waals surface area contributed by atoms with E-state index in [4.69, 9.17) is 14.2 Å². The molecule has 0 amide bonds. The van der Waals surface area contributed by atoms with Crippen LogP contribution < -0.4 is 0 Å². The Morgan fingerprint density at radius 3 is 2.40 bits per heavy atom. The van der Waals surface area contributed by atoms with Crippen molar-refractivity contribution in [3.63, 3.8) is 0 Å². The molecule has 0 aromatic rings. The third-order valence-electron chi connectivity index (χ3n) is 3.76. The van der Waals surface area contributed by atoms with Crippen LogP contribution in [0.4, 0.5) is 0 Å². The molecule has 0 saturated heterocycles. The smallest absolute Gasteiger partial charge is 0.337 e. The number of unbranched alkanes of at least 4 members (excludes halogenated alkanes) is 1. The standard InChI is InChI=1S/C16H26O4/c1-6-9-10-13(15(17)18-4)14-11-12(7-2)16(8-3,19-5)20-14/h11H,6-10H2,1-5H3/b14-13+. The fraction of sp³-hybridized carbons (Fsp3) is 0.688. The van der Waals surface area contributed by atoms with Gasteiger partial charge in [-0.25, -0.2) is 4.79 Å². The topological polar surface area (TPSA) is 44.8 Å². The maximum atomic E-state index is 12.0. The second-order valence-electron chi connectivity index (χ2n) is 4.87. The normalized spacial score (nSPS) is 24.1. The van der Waals surface area contributed by atoms with E-state index in [1.165, 1.54) is 7.11 Å². The van der Waals surface area contributed by atoms with Crippen LogP contribution in [0, 0.1) is 0 Å². The Labute approximate surface area is 121 Å². The van der Waals surface area contributed by atoms with Crippen molar-refractivity contribution in [2.45, 2.75) is 58.7 Å². The van der Waals surface area contributed by atoms with E-state index in [0.717, 1.165) is 24.8 Å². The molecule has 0 fully saturated rings. The van der Waals surface area contributed by atoms with Crippen LogP contribution in [-0.2, 0) is 19.0 Å². The van der Waals surface area contributed by atoms with Gasteiger partial charge in [-0.3, -0.25) is 0 Å². The summed E-state index contributed by atoms with van der Waals surface area (Å²) >= 11 is 0. The largest absolute Gasteiger partial charge is 0.466 e. The van der Waals surface area contributed by atoms with Gasteiger partial charge in [-0.1, -0.05) is 27.2 Å². The van der Waals surface area contributed by atoms with Crippen LogP contribution in [0.15, 0.2) is 23.0 Å². The number of rotatable bonds is 7. The molecule has 0 bridgehead atoms. The van der Waals surface area contributed by atoms with E-state index in [1.807, 2.05) is 13.0 Å². The van der Waals surface area contributed by atoms with E-state index >= 15 is 0 Å². The van der Waals surface area contributed by atoms with Crippen molar-refractivity contribution < 1.29 is 19.0 Å². The lowest BCUT2D eigenvalue weighted by atomic mass is 10.0. The van der Waals surface area contributed by atoms with Gasteiger partial charge in [-0.05, 0) is 25.3 Å². The van der Waals surface area contributed by atoms with Gasteiger partial charge in [0.15, 0.2) is 0 Å². The molecule has 0 spiro atoms. The minimum Gasteiger partial charge on any atom is -0.466 e. The summed E-state index contributed by atoms with van der Waals surface area (Å²) in [5, 5.41) is 0. The molecule has 0 aromatic heterocycles. The van der Waals surface area contributed by atoms with Crippen LogP contribution in [0.3, 0.4) is 0 Å². The monoisotopic (exact) mass is 282 g/mol. The van der Waals surface area contributed by atoms with Crippen LogP contribution in [0.25, 0.3) is 0 Å². The van der Waals surface area contributed by atoms with Crippen LogP contribution in [0.1, 0.15) is 52.9 Å². The predicted molar refractivity (Wildman–Crippen MR) is 78.1 cm³/mol. The first-order valence-electron chi connectivity index (χ1n) is 7.35. The Balaban J connectivity index is 3.17. The van der Waals surface area contributed by atoms with Crippen LogP contribution >= 0.6 is 0 Å². The van der Waals surface area contributed by atoms with Crippen LogP contribution in [0.2, 0.25) is 0 Å². The highest BCUT2D eigenvalue weighted by molar-refractivity contribution is 5.89. The third-order valence-corrected chi connectivity index (χ3v) is 3.76. The van der Waals surface area contributed by atoms with Crippen molar-refractivity contribution in [2.75, 3.05) is 14.2 Å². The van der Waals surface area contributed by atoms with Crippen molar-refractivity contribution in [3.8, 4) is 0 Å². The molecule has 0 radical (unpaired) electrons. The predicted octanol–water partition coefficient (Wildman–Crippen LogP) is 3.72. The van der Waals surface area contributed by atoms with E-state index in [0.29, 0.717) is 24.2 Å². The zero-order chi connectivity index (χ0) is 15.2. The van der Waals surface area contributed by atoms with Gasteiger partial charge >= 0.3 is 5.97 Å². The fourth-order valence-corrected chi connectivity index (χ4v) is 2.48. The molecule has 1 atom stereocenters. The Morgan fingerprint density at radius 1 is 1.30 bits per heavy atom. The second kappa shape index (κ2) is 7.48. The van der Waals surface area contributed by atoms with Crippen molar-refractivity contribution in [3.05, 3.63) is 23.0 Å². The quantitative estimate of drug-likeness (QED) is 0.527. The van der Waals surface area contributed by atoms with Gasteiger partial charge in [0.25, 0.3) is 0 Å². The highest BCUT2D eigenvalue weighted by Gasteiger charge is 2.40. The van der Waals surface area contributed by atoms with Gasteiger partial charge in [-0.2, -0.15) is 0 Å². The third kappa shape index (κ3) is 3.23. The SMILES string of the molecule is CCCC/C(C(=O)OC)=C1/C=C(CC)C(CC)(OC)O1. The van der Waals surface area contributed by atoms with Crippen LogP contribution in [-0.4, -0.2) is 26.0 Å². The average molecular weight is 282 g/mol. The molecule has 1 unspecified atom stereocenters. The molecule has 1 aliphatic rings. The maximum absolute atomic E-state index is 12.0. The molecule has 0 N–H and O–H groups in total. The van der Waals surface area contributed by atoms with Crippen molar-refractivity contribution >= 4 is 5.97 Å². The highest BCUT2D eigenvalue weighted by atomic mass is 16.7. The summed E-state index contributed by atoms with van der Waals surface area (Å²) in [5.41, 5.74) is 1.67. The van der Waals surface area contributed by atoms with Gasteiger partial charge in [0, 0.05) is 19.1 Å². The molecule has 0 aliphatic carbocycles. The van der Waals surface area contributed by atoms with E-state index in [-0.39, 0.29) is 5.97 Å². The summed E-state index contributed by atoms with van der Waals surface area (Å²) in [4.78, 5) is 12.0. The summed E-state index contributed by atoms with van der Waals surface area (Å²) in [6.07, 6.45) is 6.08. The van der Waals surface area contributed by atoms with E-state index < -0.39 is 5.79 Å². The summed E-state index contributed by atoms with van der Waals surface area (Å²) in [5.74, 6) is -0.440. The van der Waals surface area contributed by atoms with Gasteiger partial charge in [0.2, 0.25) is 5.79 Å². The average Bonchev–Trinajstić information content (AvgIpc) is 2.86. The van der Waals surface area contributed by atoms with Crippen molar-refractivity contribution in [1.29, 1.82) is 0 Å². The molecule has 1 aliphatic heterocycles. The maximum Gasteiger partial charge on any atom is 0.337 e. The number of ether oxygens (including phenoxy) is 3. The zero-order valence-corrected chi connectivity index (χ0v) is 13.2. The van der Waals surface area contributed by atoms with Crippen molar-refractivity contribution in [1.82, 2.24) is 0 Å². The number of esters is 1. The molecule has 114 valence electrons. The molecular formula is C16H26O4. The minimum atomic E-state index is -0.727. The van der Waals surface area contributed by atoms with Gasteiger partial charge in [0.05, 0.1) is 12.7 Å². The molecular weight excluding hydrogens is 256 g/mol. The lowest BCUT2D eigenvalue weighted by Gasteiger charge is -2.29. The summed E-state index contributed by atoms with van der Waals surface area (Å²) < 4.78 is 16.4. The second-order valence-corrected chi connectivity index (χ2v) is 4.87. The Kier molecular flexibility index (Phi) is 6.27.